The molecule has 0 spiro atoms. The highest BCUT2D eigenvalue weighted by Crippen LogP contribution is 2.15. The van der Waals surface area contributed by atoms with E-state index in [-0.39, 0.29) is 6.04 Å². The quantitative estimate of drug-likeness (QED) is 0.849. The van der Waals surface area contributed by atoms with Crippen LogP contribution in [-0.2, 0) is 6.54 Å². The van der Waals surface area contributed by atoms with Crippen LogP contribution in [0.1, 0.15) is 33.1 Å². The van der Waals surface area contributed by atoms with E-state index in [4.69, 9.17) is 5.73 Å². The predicted octanol–water partition coefficient (Wildman–Crippen LogP) is 3.19. The Morgan fingerprint density at radius 3 is 2.89 bits per heavy atom. The fourth-order valence-electron chi connectivity index (χ4n) is 2.61. The zero-order valence-corrected chi connectivity index (χ0v) is 11.3. The standard InChI is InChI=1S/C15H23N3/c1-3-6-12(2)9-13(16)10-18-11-17-14-7-4-5-8-15(14)18/h4-5,7-8,11-13H,3,6,9-10,16H2,1-2H3. The number of benzene rings is 1. The van der Waals surface area contributed by atoms with Crippen LogP contribution in [0.25, 0.3) is 11.0 Å². The van der Waals surface area contributed by atoms with Crippen LogP contribution < -0.4 is 5.73 Å². The van der Waals surface area contributed by atoms with E-state index in [2.05, 4.69) is 29.5 Å². The molecule has 0 saturated carbocycles. The molecule has 1 aromatic heterocycles. The van der Waals surface area contributed by atoms with E-state index >= 15 is 0 Å². The van der Waals surface area contributed by atoms with E-state index < -0.39 is 0 Å². The van der Waals surface area contributed by atoms with Gasteiger partial charge in [0.25, 0.3) is 0 Å². The minimum absolute atomic E-state index is 0.212. The third kappa shape index (κ3) is 3.10. The summed E-state index contributed by atoms with van der Waals surface area (Å²) in [5, 5.41) is 0. The first kappa shape index (κ1) is 13.1. The molecule has 2 rings (SSSR count). The van der Waals surface area contributed by atoms with Gasteiger partial charge in [-0.25, -0.2) is 4.98 Å². The highest BCUT2D eigenvalue weighted by Gasteiger charge is 2.10. The second-order valence-electron chi connectivity index (χ2n) is 5.28. The molecule has 3 nitrogen and oxygen atoms in total. The first-order chi connectivity index (χ1) is 8.70. The van der Waals surface area contributed by atoms with E-state index in [0.29, 0.717) is 5.92 Å². The molecule has 1 aromatic carbocycles. The van der Waals surface area contributed by atoms with Gasteiger partial charge in [0.05, 0.1) is 17.4 Å². The summed E-state index contributed by atoms with van der Waals surface area (Å²) in [7, 11) is 0. The van der Waals surface area contributed by atoms with Gasteiger partial charge in [-0.2, -0.15) is 0 Å². The number of para-hydroxylation sites is 2. The zero-order chi connectivity index (χ0) is 13.0. The van der Waals surface area contributed by atoms with Gasteiger partial charge in [0.15, 0.2) is 0 Å². The molecule has 0 aliphatic carbocycles. The molecule has 98 valence electrons. The van der Waals surface area contributed by atoms with Crippen molar-refractivity contribution in [3.8, 4) is 0 Å². The molecule has 1 heterocycles. The average molecular weight is 245 g/mol. The van der Waals surface area contributed by atoms with E-state index in [9.17, 15) is 0 Å². The molecule has 0 bridgehead atoms. The molecule has 0 saturated heterocycles. The summed E-state index contributed by atoms with van der Waals surface area (Å²) in [6.07, 6.45) is 5.48. The van der Waals surface area contributed by atoms with Crippen LogP contribution in [0.4, 0.5) is 0 Å². The normalized spacial score (nSPS) is 14.8. The lowest BCUT2D eigenvalue weighted by Gasteiger charge is -2.17. The van der Waals surface area contributed by atoms with E-state index in [1.54, 1.807) is 0 Å². The van der Waals surface area contributed by atoms with Gasteiger partial charge in [0.2, 0.25) is 0 Å². The maximum absolute atomic E-state index is 6.24. The number of nitrogens with two attached hydrogens (primary N) is 1. The number of aromatic nitrogens is 2. The summed E-state index contributed by atoms with van der Waals surface area (Å²) in [4.78, 5) is 4.39. The summed E-state index contributed by atoms with van der Waals surface area (Å²) >= 11 is 0. The molecular weight excluding hydrogens is 222 g/mol. The molecule has 0 fully saturated rings. The second kappa shape index (κ2) is 6.01. The average Bonchev–Trinajstić information content (AvgIpc) is 2.73. The van der Waals surface area contributed by atoms with E-state index in [0.717, 1.165) is 18.5 Å². The monoisotopic (exact) mass is 245 g/mol. The maximum atomic E-state index is 6.24. The Morgan fingerprint density at radius 2 is 2.11 bits per heavy atom. The molecule has 2 N–H and O–H groups in total. The molecule has 3 heteroatoms. The van der Waals surface area contributed by atoms with E-state index in [1.165, 1.54) is 18.4 Å². The summed E-state index contributed by atoms with van der Waals surface area (Å²) in [5.41, 5.74) is 8.46. The smallest absolute Gasteiger partial charge is 0.0958 e. The summed E-state index contributed by atoms with van der Waals surface area (Å²) < 4.78 is 2.17. The lowest BCUT2D eigenvalue weighted by molar-refractivity contribution is 0.406. The van der Waals surface area contributed by atoms with Gasteiger partial charge in [-0.3, -0.25) is 0 Å². The summed E-state index contributed by atoms with van der Waals surface area (Å²) in [6.45, 7) is 5.37. The molecule has 0 aliphatic heterocycles. The molecule has 2 unspecified atom stereocenters. The minimum Gasteiger partial charge on any atom is -0.329 e. The van der Waals surface area contributed by atoms with Crippen molar-refractivity contribution in [2.45, 2.75) is 45.7 Å². The summed E-state index contributed by atoms with van der Waals surface area (Å²) in [6, 6.07) is 8.42. The number of hydrogen-bond donors (Lipinski definition) is 1. The topological polar surface area (TPSA) is 43.8 Å². The van der Waals surface area contributed by atoms with Gasteiger partial charge in [-0.15, -0.1) is 0 Å². The van der Waals surface area contributed by atoms with Crippen LogP contribution in [0.5, 0.6) is 0 Å². The number of fused-ring (bicyclic) bond motifs is 1. The van der Waals surface area contributed by atoms with Crippen molar-refractivity contribution in [1.29, 1.82) is 0 Å². The van der Waals surface area contributed by atoms with Gasteiger partial charge in [-0.1, -0.05) is 38.8 Å². The van der Waals surface area contributed by atoms with Gasteiger partial charge in [0.1, 0.15) is 0 Å². The molecule has 2 aromatic rings. The molecule has 2 atom stereocenters. The van der Waals surface area contributed by atoms with E-state index in [1.807, 2.05) is 24.5 Å². The van der Waals surface area contributed by atoms with Crippen molar-refractivity contribution in [2.75, 3.05) is 0 Å². The summed E-state index contributed by atoms with van der Waals surface area (Å²) in [5.74, 6) is 0.708. The first-order valence-corrected chi connectivity index (χ1v) is 6.86. The highest BCUT2D eigenvalue weighted by molar-refractivity contribution is 5.74. The van der Waals surface area contributed by atoms with Gasteiger partial charge in [-0.05, 0) is 24.5 Å². The minimum atomic E-state index is 0.212. The van der Waals surface area contributed by atoms with Crippen molar-refractivity contribution in [3.63, 3.8) is 0 Å². The Hall–Kier alpha value is -1.35. The second-order valence-corrected chi connectivity index (χ2v) is 5.28. The SMILES string of the molecule is CCCC(C)CC(N)Cn1cnc2ccccc21. The highest BCUT2D eigenvalue weighted by atomic mass is 15.1. The van der Waals surface area contributed by atoms with Gasteiger partial charge < -0.3 is 10.3 Å². The van der Waals surface area contributed by atoms with Crippen LogP contribution >= 0.6 is 0 Å². The largest absolute Gasteiger partial charge is 0.329 e. The predicted molar refractivity (Wildman–Crippen MR) is 76.4 cm³/mol. The molecular formula is C15H23N3. The van der Waals surface area contributed by atoms with Crippen molar-refractivity contribution >= 4 is 11.0 Å². The van der Waals surface area contributed by atoms with Crippen molar-refractivity contribution in [2.24, 2.45) is 11.7 Å². The third-order valence-electron chi connectivity index (χ3n) is 3.45. The first-order valence-electron chi connectivity index (χ1n) is 6.86. The lowest BCUT2D eigenvalue weighted by atomic mass is 9.97. The Morgan fingerprint density at radius 1 is 1.33 bits per heavy atom. The lowest BCUT2D eigenvalue weighted by Crippen LogP contribution is -2.28. The number of nitrogens with zero attached hydrogens (tertiary/aromatic N) is 2. The van der Waals surface area contributed by atoms with Crippen LogP contribution in [-0.4, -0.2) is 15.6 Å². The van der Waals surface area contributed by atoms with Crippen LogP contribution in [0.2, 0.25) is 0 Å². The fourth-order valence-corrected chi connectivity index (χ4v) is 2.61. The van der Waals surface area contributed by atoms with Crippen LogP contribution in [0.15, 0.2) is 30.6 Å². The number of hydrogen-bond acceptors (Lipinski definition) is 2. The Kier molecular flexibility index (Phi) is 4.37. The zero-order valence-electron chi connectivity index (χ0n) is 11.3. The molecule has 18 heavy (non-hydrogen) atoms. The van der Waals surface area contributed by atoms with Gasteiger partial charge in [0, 0.05) is 12.6 Å². The maximum Gasteiger partial charge on any atom is 0.0958 e. The van der Waals surface area contributed by atoms with Crippen LogP contribution in [0.3, 0.4) is 0 Å². The van der Waals surface area contributed by atoms with Gasteiger partial charge >= 0.3 is 0 Å². The number of imidazole rings is 1. The Labute approximate surface area is 109 Å². The Bertz CT molecular complexity index is 489. The van der Waals surface area contributed by atoms with Crippen molar-refractivity contribution in [1.82, 2.24) is 9.55 Å². The number of rotatable bonds is 6. The van der Waals surface area contributed by atoms with Crippen molar-refractivity contribution < 1.29 is 0 Å². The fraction of sp³-hybridized carbons (Fsp3) is 0.533. The molecule has 0 radical (unpaired) electrons. The third-order valence-corrected chi connectivity index (χ3v) is 3.45. The van der Waals surface area contributed by atoms with Crippen molar-refractivity contribution in [3.05, 3.63) is 30.6 Å². The molecule has 0 amide bonds. The van der Waals surface area contributed by atoms with Crippen LogP contribution in [0, 0.1) is 5.92 Å². The Balaban J connectivity index is 2.00. The molecule has 0 aliphatic rings.